The van der Waals surface area contributed by atoms with Gasteiger partial charge in [-0.15, -0.1) is 12.4 Å². The van der Waals surface area contributed by atoms with Crippen molar-refractivity contribution in [3.05, 3.63) is 59.9 Å². The summed E-state index contributed by atoms with van der Waals surface area (Å²) in [6.45, 7) is 2.51. The summed E-state index contributed by atoms with van der Waals surface area (Å²) in [5.41, 5.74) is 2.04. The molecule has 0 saturated carbocycles. The molecule has 2 unspecified atom stereocenters. The highest BCUT2D eigenvalue weighted by molar-refractivity contribution is 5.85. The number of carbonyl (C=O) groups excluding carboxylic acids is 1. The van der Waals surface area contributed by atoms with Crippen molar-refractivity contribution < 1.29 is 9.53 Å². The Bertz CT molecular complexity index is 723. The van der Waals surface area contributed by atoms with Gasteiger partial charge in [0, 0.05) is 18.7 Å². The van der Waals surface area contributed by atoms with Gasteiger partial charge in [0.2, 0.25) is 0 Å². The van der Waals surface area contributed by atoms with E-state index in [9.17, 15) is 4.79 Å². The van der Waals surface area contributed by atoms with Crippen molar-refractivity contribution in [2.24, 2.45) is 0 Å². The number of aromatic nitrogens is 1. The first-order valence-electron chi connectivity index (χ1n) is 9.47. The van der Waals surface area contributed by atoms with E-state index in [2.05, 4.69) is 10.3 Å². The lowest BCUT2D eigenvalue weighted by molar-refractivity contribution is -0.141. The van der Waals surface area contributed by atoms with E-state index >= 15 is 0 Å². The largest absolute Gasteiger partial charge is 0.480 e. The predicted octanol–water partition coefficient (Wildman–Crippen LogP) is 2.98. The van der Waals surface area contributed by atoms with Crippen LogP contribution in [0.1, 0.15) is 30.5 Å². The minimum absolute atomic E-state index is 0. The first-order valence-corrected chi connectivity index (χ1v) is 9.47. The number of para-hydroxylation sites is 1. The van der Waals surface area contributed by atoms with Crippen LogP contribution in [0.5, 0.6) is 5.75 Å². The Hall–Kier alpha value is -2.11. The van der Waals surface area contributed by atoms with E-state index in [1.54, 1.807) is 6.20 Å². The maximum Gasteiger partial charge on any atom is 0.264 e. The molecule has 3 heterocycles. The molecule has 1 N–H and O–H groups in total. The van der Waals surface area contributed by atoms with Crippen LogP contribution in [0.4, 0.5) is 0 Å². The van der Waals surface area contributed by atoms with Gasteiger partial charge in [-0.2, -0.15) is 0 Å². The van der Waals surface area contributed by atoms with E-state index in [1.807, 2.05) is 47.4 Å². The Balaban J connectivity index is 0.00000210. The summed E-state index contributed by atoms with van der Waals surface area (Å²) in [5.74, 6) is 0.921. The van der Waals surface area contributed by atoms with E-state index in [0.29, 0.717) is 13.0 Å². The molecule has 1 aromatic carbocycles. The van der Waals surface area contributed by atoms with E-state index in [1.165, 1.54) is 0 Å². The lowest BCUT2D eigenvalue weighted by Gasteiger charge is -2.32. The second kappa shape index (κ2) is 9.20. The van der Waals surface area contributed by atoms with Crippen molar-refractivity contribution in [1.29, 1.82) is 0 Å². The number of nitrogens with one attached hydrogen (secondary N) is 1. The van der Waals surface area contributed by atoms with Crippen LogP contribution >= 0.6 is 12.4 Å². The number of nitrogens with zero attached hydrogens (tertiary/aromatic N) is 2. The Labute approximate surface area is 166 Å². The van der Waals surface area contributed by atoms with Gasteiger partial charge in [0.25, 0.3) is 5.91 Å². The second-order valence-corrected chi connectivity index (χ2v) is 7.04. The number of carbonyl (C=O) groups is 1. The van der Waals surface area contributed by atoms with Crippen LogP contribution in [0.25, 0.3) is 0 Å². The summed E-state index contributed by atoms with van der Waals surface area (Å²) in [6.07, 6.45) is 5.09. The number of hydrogen-bond acceptors (Lipinski definition) is 4. The molecule has 0 aliphatic carbocycles. The highest BCUT2D eigenvalue weighted by Gasteiger charge is 2.35. The zero-order chi connectivity index (χ0) is 17.8. The van der Waals surface area contributed by atoms with E-state index in [0.717, 1.165) is 49.4 Å². The average Bonchev–Trinajstić information content (AvgIpc) is 2.94. The topological polar surface area (TPSA) is 54.5 Å². The summed E-state index contributed by atoms with van der Waals surface area (Å²) in [4.78, 5) is 19.8. The predicted molar refractivity (Wildman–Crippen MR) is 107 cm³/mol. The maximum absolute atomic E-state index is 13.4. The van der Waals surface area contributed by atoms with Crippen LogP contribution in [0.15, 0.2) is 48.7 Å². The summed E-state index contributed by atoms with van der Waals surface area (Å²) in [6, 6.07) is 14.0. The number of ether oxygens (including phenoxy) is 1. The fourth-order valence-electron chi connectivity index (χ4n) is 3.87. The fraction of sp³-hybridized carbons (Fsp3) is 0.429. The lowest BCUT2D eigenvalue weighted by Crippen LogP contribution is -2.47. The number of pyridine rings is 1. The van der Waals surface area contributed by atoms with Crippen molar-refractivity contribution in [2.45, 2.75) is 44.4 Å². The molecule has 2 aromatic rings. The van der Waals surface area contributed by atoms with Gasteiger partial charge in [-0.1, -0.05) is 24.3 Å². The normalized spacial score (nSPS) is 21.3. The minimum atomic E-state index is -0.424. The van der Waals surface area contributed by atoms with Crippen molar-refractivity contribution in [3.8, 4) is 5.75 Å². The smallest absolute Gasteiger partial charge is 0.264 e. The maximum atomic E-state index is 13.4. The molecule has 2 atom stereocenters. The molecule has 5 nitrogen and oxygen atoms in total. The van der Waals surface area contributed by atoms with Gasteiger partial charge in [-0.3, -0.25) is 9.78 Å². The van der Waals surface area contributed by atoms with Gasteiger partial charge in [-0.25, -0.2) is 0 Å². The average molecular weight is 388 g/mol. The van der Waals surface area contributed by atoms with Gasteiger partial charge in [0.05, 0.1) is 12.2 Å². The zero-order valence-corrected chi connectivity index (χ0v) is 16.2. The molecule has 4 rings (SSSR count). The molecular weight excluding hydrogens is 362 g/mol. The fourth-order valence-corrected chi connectivity index (χ4v) is 3.87. The zero-order valence-electron chi connectivity index (χ0n) is 15.3. The highest BCUT2D eigenvalue weighted by Crippen LogP contribution is 2.30. The van der Waals surface area contributed by atoms with Crippen LogP contribution < -0.4 is 10.1 Å². The molecule has 1 aromatic heterocycles. The number of rotatable bonds is 4. The highest BCUT2D eigenvalue weighted by atomic mass is 35.5. The molecule has 144 valence electrons. The molecule has 1 saturated heterocycles. The number of benzene rings is 1. The standard InChI is InChI=1S/C21H25N3O2.ClH/c25-21(20-14-16-6-1-2-9-19(16)26-20)24(15-17-7-3-4-12-23-17)18-8-5-11-22-13-10-18;/h1-4,6-7,9,12,18,20,22H,5,8,10-11,13-15H2;1H. The lowest BCUT2D eigenvalue weighted by atomic mass is 10.0. The minimum Gasteiger partial charge on any atom is -0.480 e. The Kier molecular flexibility index (Phi) is 6.69. The monoisotopic (exact) mass is 387 g/mol. The molecule has 1 fully saturated rings. The Morgan fingerprint density at radius 1 is 1.15 bits per heavy atom. The third kappa shape index (κ3) is 4.60. The molecule has 0 spiro atoms. The van der Waals surface area contributed by atoms with E-state index in [4.69, 9.17) is 4.74 Å². The van der Waals surface area contributed by atoms with E-state index in [-0.39, 0.29) is 24.4 Å². The van der Waals surface area contributed by atoms with Crippen molar-refractivity contribution in [3.63, 3.8) is 0 Å². The summed E-state index contributed by atoms with van der Waals surface area (Å²) in [5, 5.41) is 3.43. The Morgan fingerprint density at radius 3 is 2.81 bits per heavy atom. The second-order valence-electron chi connectivity index (χ2n) is 7.04. The third-order valence-electron chi connectivity index (χ3n) is 5.25. The van der Waals surface area contributed by atoms with Crippen LogP contribution in [0.3, 0.4) is 0 Å². The Morgan fingerprint density at radius 2 is 2.00 bits per heavy atom. The van der Waals surface area contributed by atoms with Crippen molar-refractivity contribution >= 4 is 18.3 Å². The third-order valence-corrected chi connectivity index (χ3v) is 5.25. The summed E-state index contributed by atoms with van der Waals surface area (Å²) in [7, 11) is 0. The molecule has 6 heteroatoms. The number of fused-ring (bicyclic) bond motifs is 1. The first-order chi connectivity index (χ1) is 12.8. The van der Waals surface area contributed by atoms with Gasteiger partial charge >= 0.3 is 0 Å². The number of halogens is 1. The van der Waals surface area contributed by atoms with Gasteiger partial charge in [-0.05, 0) is 56.1 Å². The quantitative estimate of drug-likeness (QED) is 0.876. The van der Waals surface area contributed by atoms with Crippen molar-refractivity contribution in [2.75, 3.05) is 13.1 Å². The van der Waals surface area contributed by atoms with Crippen molar-refractivity contribution in [1.82, 2.24) is 15.2 Å². The van der Waals surface area contributed by atoms with Crippen LogP contribution in [-0.4, -0.2) is 41.0 Å². The van der Waals surface area contributed by atoms with Gasteiger partial charge in [0.1, 0.15) is 5.75 Å². The first kappa shape index (κ1) is 19.6. The molecule has 27 heavy (non-hydrogen) atoms. The molecule has 1 amide bonds. The molecule has 2 aliphatic heterocycles. The van der Waals surface area contributed by atoms with Crippen LogP contribution in [-0.2, 0) is 17.8 Å². The van der Waals surface area contributed by atoms with Crippen LogP contribution in [0.2, 0.25) is 0 Å². The van der Waals surface area contributed by atoms with Gasteiger partial charge in [0.15, 0.2) is 6.10 Å². The van der Waals surface area contributed by atoms with Crippen LogP contribution in [0, 0.1) is 0 Å². The SMILES string of the molecule is Cl.O=C(C1Cc2ccccc2O1)N(Cc1ccccn1)C1CCCNCC1. The molecule has 0 bridgehead atoms. The molecule has 2 aliphatic rings. The van der Waals surface area contributed by atoms with Gasteiger partial charge < -0.3 is 15.0 Å². The summed E-state index contributed by atoms with van der Waals surface area (Å²) >= 11 is 0. The molecule has 0 radical (unpaired) electrons. The number of amides is 1. The summed E-state index contributed by atoms with van der Waals surface area (Å²) < 4.78 is 5.98. The number of hydrogen-bond donors (Lipinski definition) is 1. The van der Waals surface area contributed by atoms with E-state index < -0.39 is 6.10 Å². The molecular formula is C21H26ClN3O2.